The highest BCUT2D eigenvalue weighted by molar-refractivity contribution is 5.98. The van der Waals surface area contributed by atoms with E-state index in [1.165, 1.54) is 6.07 Å². The zero-order valence-electron chi connectivity index (χ0n) is 13.9. The van der Waals surface area contributed by atoms with Crippen molar-refractivity contribution in [2.24, 2.45) is 0 Å². The van der Waals surface area contributed by atoms with Gasteiger partial charge in [-0.3, -0.25) is 14.9 Å². The van der Waals surface area contributed by atoms with Gasteiger partial charge >= 0.3 is 0 Å². The number of hydrogen-bond acceptors (Lipinski definition) is 5. The Morgan fingerprint density at radius 1 is 1.08 bits per heavy atom. The van der Waals surface area contributed by atoms with E-state index < -0.39 is 4.92 Å². The monoisotopic (exact) mass is 341 g/mol. The quantitative estimate of drug-likeness (QED) is 0.685. The number of nitro benzene ring substituents is 1. The molecule has 0 atom stereocenters. The molecule has 2 aromatic rings. The van der Waals surface area contributed by atoms with Crippen molar-refractivity contribution >= 4 is 17.3 Å². The number of anilines is 1. The minimum absolute atomic E-state index is 0.126. The van der Waals surface area contributed by atoms with Gasteiger partial charge in [0.05, 0.1) is 10.6 Å². The number of carbonyl (C=O) groups excluding carboxylic acids is 1. The van der Waals surface area contributed by atoms with Gasteiger partial charge in [0.1, 0.15) is 11.3 Å². The number of amides is 1. The molecule has 2 aromatic carbocycles. The first-order chi connectivity index (χ1) is 12.0. The molecule has 25 heavy (non-hydrogen) atoms. The van der Waals surface area contributed by atoms with E-state index in [0.29, 0.717) is 31.7 Å². The van der Waals surface area contributed by atoms with Crippen LogP contribution in [0.25, 0.3) is 0 Å². The summed E-state index contributed by atoms with van der Waals surface area (Å²) < 4.78 is 0. The molecule has 1 saturated heterocycles. The molecule has 1 aliphatic heterocycles. The maximum Gasteiger partial charge on any atom is 0.285 e. The maximum absolute atomic E-state index is 12.7. The highest BCUT2D eigenvalue weighted by atomic mass is 16.6. The van der Waals surface area contributed by atoms with E-state index >= 15 is 0 Å². The van der Waals surface area contributed by atoms with Gasteiger partial charge in [0.15, 0.2) is 0 Å². The molecule has 130 valence electrons. The van der Waals surface area contributed by atoms with Gasteiger partial charge in [0.2, 0.25) is 0 Å². The van der Waals surface area contributed by atoms with Crippen LogP contribution in [0.5, 0.6) is 5.75 Å². The highest BCUT2D eigenvalue weighted by Crippen LogP contribution is 2.28. The van der Waals surface area contributed by atoms with E-state index in [9.17, 15) is 20.0 Å². The maximum atomic E-state index is 12.7. The summed E-state index contributed by atoms with van der Waals surface area (Å²) in [6, 6.07) is 11.9. The van der Waals surface area contributed by atoms with Gasteiger partial charge < -0.3 is 14.9 Å². The van der Waals surface area contributed by atoms with E-state index in [0.717, 1.165) is 5.69 Å². The molecule has 0 aliphatic carbocycles. The van der Waals surface area contributed by atoms with Gasteiger partial charge in [-0.2, -0.15) is 0 Å². The van der Waals surface area contributed by atoms with Crippen molar-refractivity contribution in [3.8, 4) is 5.75 Å². The van der Waals surface area contributed by atoms with Crippen LogP contribution < -0.4 is 4.90 Å². The number of nitro groups is 1. The van der Waals surface area contributed by atoms with Crippen molar-refractivity contribution in [1.29, 1.82) is 0 Å². The Morgan fingerprint density at radius 3 is 2.40 bits per heavy atom. The minimum atomic E-state index is -0.499. The average Bonchev–Trinajstić information content (AvgIpc) is 2.61. The molecule has 7 nitrogen and oxygen atoms in total. The number of piperazine rings is 1. The van der Waals surface area contributed by atoms with Crippen molar-refractivity contribution < 1.29 is 14.8 Å². The molecule has 7 heteroatoms. The molecule has 0 aromatic heterocycles. The van der Waals surface area contributed by atoms with Gasteiger partial charge in [-0.25, -0.2) is 0 Å². The van der Waals surface area contributed by atoms with Crippen LogP contribution in [-0.4, -0.2) is 47.0 Å². The van der Waals surface area contributed by atoms with Crippen LogP contribution >= 0.6 is 0 Å². The third-order valence-corrected chi connectivity index (χ3v) is 4.44. The number of benzene rings is 2. The number of para-hydroxylation sites is 3. The minimum Gasteiger partial charge on any atom is -0.506 e. The summed E-state index contributed by atoms with van der Waals surface area (Å²) in [7, 11) is 0. The van der Waals surface area contributed by atoms with Crippen LogP contribution in [0.4, 0.5) is 11.4 Å². The largest absolute Gasteiger partial charge is 0.506 e. The fourth-order valence-corrected chi connectivity index (χ4v) is 3.13. The Labute approximate surface area is 145 Å². The van der Waals surface area contributed by atoms with Gasteiger partial charge in [-0.05, 0) is 25.1 Å². The van der Waals surface area contributed by atoms with Gasteiger partial charge in [0, 0.05) is 31.7 Å². The zero-order valence-corrected chi connectivity index (χ0v) is 13.9. The topological polar surface area (TPSA) is 86.9 Å². The summed E-state index contributed by atoms with van der Waals surface area (Å²) in [6.45, 7) is 3.63. The molecule has 3 rings (SSSR count). The first-order valence-electron chi connectivity index (χ1n) is 8.05. The summed E-state index contributed by atoms with van der Waals surface area (Å²) >= 11 is 0. The first kappa shape index (κ1) is 16.8. The number of phenolic OH excluding ortho intramolecular Hbond substituents is 1. The standard InChI is InChI=1S/C18H19N3O4/c1-13-5-4-6-14(17(13)21(24)25)18(23)20-11-9-19(10-12-20)15-7-2-3-8-16(15)22/h2-8,22H,9-12H2,1H3. The predicted octanol–water partition coefficient (Wildman–Crippen LogP) is 2.57. The van der Waals surface area contributed by atoms with E-state index in [2.05, 4.69) is 0 Å². The number of aromatic hydroxyl groups is 1. The Kier molecular flexibility index (Phi) is 4.56. The van der Waals surface area contributed by atoms with Crippen molar-refractivity contribution in [2.45, 2.75) is 6.92 Å². The Hall–Kier alpha value is -3.09. The lowest BCUT2D eigenvalue weighted by Gasteiger charge is -2.36. The van der Waals surface area contributed by atoms with Crippen LogP contribution in [0.2, 0.25) is 0 Å². The predicted molar refractivity (Wildman–Crippen MR) is 94.1 cm³/mol. The molecule has 1 aliphatic rings. The lowest BCUT2D eigenvalue weighted by atomic mass is 10.1. The molecular formula is C18H19N3O4. The molecule has 0 unspecified atom stereocenters. The molecule has 1 amide bonds. The second kappa shape index (κ2) is 6.80. The number of carbonyl (C=O) groups is 1. The summed E-state index contributed by atoms with van der Waals surface area (Å²) in [4.78, 5) is 27.2. The molecule has 1 fully saturated rings. The van der Waals surface area contributed by atoms with Gasteiger partial charge in [0.25, 0.3) is 11.6 Å². The SMILES string of the molecule is Cc1cccc(C(=O)N2CCN(c3ccccc3O)CC2)c1[N+](=O)[O-]. The van der Waals surface area contributed by atoms with E-state index in [4.69, 9.17) is 0 Å². The third kappa shape index (κ3) is 3.26. The molecular weight excluding hydrogens is 322 g/mol. The Balaban J connectivity index is 1.76. The van der Waals surface area contributed by atoms with Gasteiger partial charge in [-0.1, -0.05) is 24.3 Å². The Morgan fingerprint density at radius 2 is 1.76 bits per heavy atom. The first-order valence-corrected chi connectivity index (χ1v) is 8.05. The molecule has 1 heterocycles. The molecule has 1 N–H and O–H groups in total. The molecule has 0 saturated carbocycles. The second-order valence-electron chi connectivity index (χ2n) is 6.00. The average molecular weight is 341 g/mol. The van der Waals surface area contributed by atoms with Crippen molar-refractivity contribution in [2.75, 3.05) is 31.1 Å². The Bertz CT molecular complexity index is 814. The number of rotatable bonds is 3. The smallest absolute Gasteiger partial charge is 0.285 e. The number of phenols is 1. The van der Waals surface area contributed by atoms with Crippen LogP contribution in [0.1, 0.15) is 15.9 Å². The second-order valence-corrected chi connectivity index (χ2v) is 6.00. The van der Waals surface area contributed by atoms with E-state index in [1.807, 2.05) is 17.0 Å². The van der Waals surface area contributed by atoms with Gasteiger partial charge in [-0.15, -0.1) is 0 Å². The fraction of sp³-hybridized carbons (Fsp3) is 0.278. The van der Waals surface area contributed by atoms with Crippen LogP contribution in [0, 0.1) is 17.0 Å². The summed E-state index contributed by atoms with van der Waals surface area (Å²) in [5.41, 5.74) is 1.21. The third-order valence-electron chi connectivity index (χ3n) is 4.44. The van der Waals surface area contributed by atoms with E-state index in [1.54, 1.807) is 36.1 Å². The summed E-state index contributed by atoms with van der Waals surface area (Å²) in [5.74, 6) is -0.121. The van der Waals surface area contributed by atoms with E-state index in [-0.39, 0.29) is 22.9 Å². The highest BCUT2D eigenvalue weighted by Gasteiger charge is 2.29. The molecule has 0 bridgehead atoms. The lowest BCUT2D eigenvalue weighted by molar-refractivity contribution is -0.385. The zero-order chi connectivity index (χ0) is 18.0. The number of aryl methyl sites for hydroxylation is 1. The van der Waals surface area contributed by atoms with Crippen LogP contribution in [0.3, 0.4) is 0 Å². The van der Waals surface area contributed by atoms with Crippen LogP contribution in [0.15, 0.2) is 42.5 Å². The van der Waals surface area contributed by atoms with Crippen LogP contribution in [-0.2, 0) is 0 Å². The lowest BCUT2D eigenvalue weighted by Crippen LogP contribution is -2.48. The number of hydrogen-bond donors (Lipinski definition) is 1. The van der Waals surface area contributed by atoms with Crippen molar-refractivity contribution in [3.63, 3.8) is 0 Å². The number of nitrogens with zero attached hydrogens (tertiary/aromatic N) is 3. The summed E-state index contributed by atoms with van der Waals surface area (Å²) in [5, 5.41) is 21.2. The normalized spacial score (nSPS) is 14.4. The molecule has 0 spiro atoms. The van der Waals surface area contributed by atoms with Crippen molar-refractivity contribution in [1.82, 2.24) is 4.90 Å². The fourth-order valence-electron chi connectivity index (χ4n) is 3.13. The summed E-state index contributed by atoms with van der Waals surface area (Å²) in [6.07, 6.45) is 0. The molecule has 0 radical (unpaired) electrons. The van der Waals surface area contributed by atoms with Crippen molar-refractivity contribution in [3.05, 3.63) is 63.7 Å².